The summed E-state index contributed by atoms with van der Waals surface area (Å²) in [5.74, 6) is 0.357. The molecule has 8 heteroatoms. The van der Waals surface area contributed by atoms with E-state index >= 15 is 0 Å². The minimum absolute atomic E-state index is 0.00218. The van der Waals surface area contributed by atoms with Crippen LogP contribution in [0.2, 0.25) is 0 Å². The van der Waals surface area contributed by atoms with Crippen LogP contribution in [0.1, 0.15) is 12.0 Å². The van der Waals surface area contributed by atoms with Crippen molar-refractivity contribution < 1.29 is 9.66 Å². The van der Waals surface area contributed by atoms with Gasteiger partial charge in [-0.3, -0.25) is 10.1 Å². The molecule has 2 N–H and O–H groups in total. The molecule has 1 aromatic rings. The Morgan fingerprint density at radius 1 is 1.55 bits per heavy atom. The molecule has 0 aromatic heterocycles. The molecule has 3 rings (SSSR count). The zero-order valence-electron chi connectivity index (χ0n) is 11.8. The molecule has 0 saturated carbocycles. The van der Waals surface area contributed by atoms with E-state index in [0.29, 0.717) is 36.9 Å². The van der Waals surface area contributed by atoms with Crippen LogP contribution in [0.15, 0.2) is 30.1 Å². The lowest BCUT2D eigenvalue weighted by Crippen LogP contribution is -2.44. The molecule has 1 atom stereocenters. The topological polar surface area (TPSA) is 95.7 Å². The Balaban J connectivity index is 1.86. The van der Waals surface area contributed by atoms with Crippen LogP contribution in [-0.2, 0) is 6.42 Å². The lowest BCUT2D eigenvalue weighted by atomic mass is 10.00. The standard InChI is InChI=1S/C14H15N4O3S/c15-5-4-10-7-16-14(22)17(10)11-6-9-2-1-3-12(18(19)20)13(9)21-8-11/h1-3,7,11H,4-6,8,15H2/t11-/m1/s1. The fourth-order valence-corrected chi connectivity index (χ4v) is 3.12. The van der Waals surface area contributed by atoms with Crippen molar-refractivity contribution in [2.45, 2.75) is 18.9 Å². The van der Waals surface area contributed by atoms with Crippen LogP contribution in [0.5, 0.6) is 5.75 Å². The predicted octanol–water partition coefficient (Wildman–Crippen LogP) is 1.29. The molecule has 2 aliphatic heterocycles. The fourth-order valence-electron chi connectivity index (χ4n) is 2.80. The largest absolute Gasteiger partial charge is 0.484 e. The Bertz CT molecular complexity index is 661. The van der Waals surface area contributed by atoms with Crippen molar-refractivity contribution in [1.82, 2.24) is 10.2 Å². The summed E-state index contributed by atoms with van der Waals surface area (Å²) in [7, 11) is 0. The molecule has 0 amide bonds. The van der Waals surface area contributed by atoms with Gasteiger partial charge in [-0.05, 0) is 18.8 Å². The zero-order chi connectivity index (χ0) is 15.7. The number of nitro groups is 1. The SMILES string of the molecule is NCCC1=C[N]C(=S)N1[C@H]1COc2c(cccc2[N+](=O)[O-])C1. The lowest BCUT2D eigenvalue weighted by molar-refractivity contribution is -0.386. The number of rotatable bonds is 4. The Kier molecular flexibility index (Phi) is 3.95. The fraction of sp³-hybridized carbons (Fsp3) is 0.357. The highest BCUT2D eigenvalue weighted by Crippen LogP contribution is 2.36. The van der Waals surface area contributed by atoms with Gasteiger partial charge in [0.1, 0.15) is 6.61 Å². The number of hydrogen-bond acceptors (Lipinski definition) is 5. The van der Waals surface area contributed by atoms with E-state index < -0.39 is 4.92 Å². The van der Waals surface area contributed by atoms with E-state index in [2.05, 4.69) is 5.32 Å². The second-order valence-electron chi connectivity index (χ2n) is 5.13. The number of thiocarbonyl (C=S) groups is 1. The third kappa shape index (κ3) is 2.51. The van der Waals surface area contributed by atoms with Crippen LogP contribution < -0.4 is 15.8 Å². The van der Waals surface area contributed by atoms with E-state index in [4.69, 9.17) is 22.7 Å². The van der Waals surface area contributed by atoms with E-state index in [1.54, 1.807) is 12.3 Å². The Morgan fingerprint density at radius 3 is 3.09 bits per heavy atom. The molecule has 0 saturated heterocycles. The van der Waals surface area contributed by atoms with Crippen LogP contribution in [0.25, 0.3) is 0 Å². The Hall–Kier alpha value is -2.19. The van der Waals surface area contributed by atoms with Crippen molar-refractivity contribution in [3.63, 3.8) is 0 Å². The molecule has 0 unspecified atom stereocenters. The minimum Gasteiger partial charge on any atom is -0.484 e. The predicted molar refractivity (Wildman–Crippen MR) is 84.4 cm³/mol. The quantitative estimate of drug-likeness (QED) is 0.510. The number of benzene rings is 1. The average Bonchev–Trinajstić information content (AvgIpc) is 2.87. The second-order valence-corrected chi connectivity index (χ2v) is 5.50. The van der Waals surface area contributed by atoms with Gasteiger partial charge in [0.15, 0.2) is 10.9 Å². The Morgan fingerprint density at radius 2 is 2.36 bits per heavy atom. The van der Waals surface area contributed by atoms with E-state index in [1.807, 2.05) is 11.0 Å². The van der Waals surface area contributed by atoms with E-state index in [1.165, 1.54) is 6.07 Å². The number of nitrogens with two attached hydrogens (primary N) is 1. The molecule has 2 aliphatic rings. The van der Waals surface area contributed by atoms with Gasteiger partial charge in [-0.1, -0.05) is 12.1 Å². The summed E-state index contributed by atoms with van der Waals surface area (Å²) in [6.45, 7) is 0.839. The van der Waals surface area contributed by atoms with Crippen molar-refractivity contribution in [3.05, 3.63) is 45.8 Å². The number of para-hydroxylation sites is 1. The van der Waals surface area contributed by atoms with Crippen LogP contribution in [0.3, 0.4) is 0 Å². The van der Waals surface area contributed by atoms with Crippen LogP contribution >= 0.6 is 12.2 Å². The minimum atomic E-state index is -0.422. The van der Waals surface area contributed by atoms with Gasteiger partial charge in [0.25, 0.3) is 0 Å². The normalized spacial score (nSPS) is 20.0. The summed E-state index contributed by atoms with van der Waals surface area (Å²) >= 11 is 5.28. The smallest absolute Gasteiger partial charge is 0.311 e. The van der Waals surface area contributed by atoms with Crippen molar-refractivity contribution in [3.8, 4) is 5.75 Å². The van der Waals surface area contributed by atoms with Crippen LogP contribution in [0.4, 0.5) is 5.69 Å². The number of hydrogen-bond donors (Lipinski definition) is 1. The molecule has 1 aromatic carbocycles. The van der Waals surface area contributed by atoms with Gasteiger partial charge >= 0.3 is 5.69 Å². The molecule has 7 nitrogen and oxygen atoms in total. The van der Waals surface area contributed by atoms with Crippen molar-refractivity contribution in [2.75, 3.05) is 13.2 Å². The van der Waals surface area contributed by atoms with Gasteiger partial charge in [-0.2, -0.15) is 0 Å². The van der Waals surface area contributed by atoms with Crippen LogP contribution in [-0.4, -0.2) is 34.1 Å². The first-order chi connectivity index (χ1) is 10.6. The summed E-state index contributed by atoms with van der Waals surface area (Å²) in [6, 6.07) is 4.95. The second kappa shape index (κ2) is 5.90. The molecule has 0 spiro atoms. The molecule has 1 radical (unpaired) electrons. The molecular weight excluding hydrogens is 304 g/mol. The zero-order valence-corrected chi connectivity index (χ0v) is 12.6. The van der Waals surface area contributed by atoms with E-state index in [0.717, 1.165) is 11.3 Å². The lowest BCUT2D eigenvalue weighted by Gasteiger charge is -2.34. The molecule has 0 bridgehead atoms. The monoisotopic (exact) mass is 319 g/mol. The van der Waals surface area contributed by atoms with Crippen LogP contribution in [0, 0.1) is 10.1 Å². The van der Waals surface area contributed by atoms with E-state index in [9.17, 15) is 10.1 Å². The first-order valence-electron chi connectivity index (χ1n) is 6.94. The summed E-state index contributed by atoms with van der Waals surface area (Å²) in [5.41, 5.74) is 7.40. The molecule has 115 valence electrons. The maximum atomic E-state index is 11.1. The highest BCUT2D eigenvalue weighted by atomic mass is 32.1. The maximum absolute atomic E-state index is 11.1. The van der Waals surface area contributed by atoms with Gasteiger partial charge in [0, 0.05) is 36.4 Å². The Labute approximate surface area is 132 Å². The average molecular weight is 319 g/mol. The summed E-state index contributed by atoms with van der Waals surface area (Å²) in [4.78, 5) is 12.6. The van der Waals surface area contributed by atoms with Gasteiger partial charge in [0.2, 0.25) is 0 Å². The molecular formula is C14H15N4O3S. The van der Waals surface area contributed by atoms with Crippen molar-refractivity contribution in [1.29, 1.82) is 0 Å². The van der Waals surface area contributed by atoms with Gasteiger partial charge in [-0.25, -0.2) is 5.32 Å². The third-order valence-electron chi connectivity index (χ3n) is 3.75. The number of ether oxygens (including phenoxy) is 1. The molecule has 0 fully saturated rings. The van der Waals surface area contributed by atoms with Gasteiger partial charge < -0.3 is 15.4 Å². The first-order valence-corrected chi connectivity index (χ1v) is 7.35. The van der Waals surface area contributed by atoms with Gasteiger partial charge in [-0.15, -0.1) is 0 Å². The molecule has 22 heavy (non-hydrogen) atoms. The van der Waals surface area contributed by atoms with E-state index in [-0.39, 0.29) is 11.7 Å². The van der Waals surface area contributed by atoms with Gasteiger partial charge in [0.05, 0.1) is 11.0 Å². The highest BCUT2D eigenvalue weighted by molar-refractivity contribution is 7.80. The number of nitro benzene ring substituents is 1. The molecule has 0 aliphatic carbocycles. The van der Waals surface area contributed by atoms with Crippen molar-refractivity contribution in [2.24, 2.45) is 5.73 Å². The maximum Gasteiger partial charge on any atom is 0.311 e. The first kappa shape index (κ1) is 14.7. The third-order valence-corrected chi connectivity index (χ3v) is 4.06. The highest BCUT2D eigenvalue weighted by Gasteiger charge is 2.34. The summed E-state index contributed by atoms with van der Waals surface area (Å²) < 4.78 is 5.67. The number of fused-ring (bicyclic) bond motifs is 1. The summed E-state index contributed by atoms with van der Waals surface area (Å²) in [5, 5.41) is 15.7. The summed E-state index contributed by atoms with van der Waals surface area (Å²) in [6.07, 6.45) is 3.04. The van der Waals surface area contributed by atoms with Crippen molar-refractivity contribution >= 4 is 23.0 Å². The number of nitrogens with zero attached hydrogens (tertiary/aromatic N) is 3. The molecule has 2 heterocycles.